The third kappa shape index (κ3) is 3.27. The highest BCUT2D eigenvalue weighted by Gasteiger charge is 2.37. The average molecular weight is 378 g/mol. The van der Waals surface area contributed by atoms with Gasteiger partial charge in [0.1, 0.15) is 12.1 Å². The van der Waals surface area contributed by atoms with E-state index in [1.54, 1.807) is 23.1 Å². The number of halogens is 3. The molecule has 11 heteroatoms. The van der Waals surface area contributed by atoms with Crippen molar-refractivity contribution in [1.82, 2.24) is 19.6 Å². The third-order valence-corrected chi connectivity index (χ3v) is 4.33. The van der Waals surface area contributed by atoms with Crippen LogP contribution in [0, 0.1) is 10.1 Å². The lowest BCUT2D eigenvalue weighted by Gasteiger charge is -2.25. The van der Waals surface area contributed by atoms with Crippen molar-refractivity contribution in [3.05, 3.63) is 58.0 Å². The van der Waals surface area contributed by atoms with Crippen LogP contribution in [0.1, 0.15) is 24.1 Å². The highest BCUT2D eigenvalue weighted by molar-refractivity contribution is 5.52. The number of hydrogen-bond acceptors (Lipinski definition) is 6. The molecule has 0 bridgehead atoms. The summed E-state index contributed by atoms with van der Waals surface area (Å²) in [4.78, 5) is 19.8. The molecule has 0 N–H and O–H groups in total. The van der Waals surface area contributed by atoms with Gasteiger partial charge in [0.15, 0.2) is 5.69 Å². The summed E-state index contributed by atoms with van der Waals surface area (Å²) in [5.41, 5.74) is -0.748. The lowest BCUT2D eigenvalue weighted by atomic mass is 10.1. The molecular weight excluding hydrogens is 365 g/mol. The van der Waals surface area contributed by atoms with Crippen LogP contribution >= 0.6 is 0 Å². The summed E-state index contributed by atoms with van der Waals surface area (Å²) in [6, 6.07) is 7.06. The molecule has 0 spiro atoms. The van der Waals surface area contributed by atoms with E-state index in [9.17, 15) is 23.3 Å². The number of nitrogens with zero attached hydrogens (tertiary/aromatic N) is 6. The van der Waals surface area contributed by atoms with Crippen LogP contribution in [0.4, 0.5) is 24.7 Å². The van der Waals surface area contributed by atoms with Gasteiger partial charge in [0.05, 0.1) is 11.5 Å². The summed E-state index contributed by atoms with van der Waals surface area (Å²) in [7, 11) is 0. The largest absolute Gasteiger partial charge is 0.433 e. The van der Waals surface area contributed by atoms with Gasteiger partial charge in [-0.1, -0.05) is 18.2 Å². The van der Waals surface area contributed by atoms with Crippen LogP contribution in [-0.4, -0.2) is 30.5 Å². The molecule has 27 heavy (non-hydrogen) atoms. The highest BCUT2D eigenvalue weighted by Crippen LogP contribution is 2.37. The van der Waals surface area contributed by atoms with Gasteiger partial charge in [0.25, 0.3) is 11.5 Å². The van der Waals surface area contributed by atoms with Crippen LogP contribution in [0.15, 0.2) is 36.7 Å². The second-order valence-corrected chi connectivity index (χ2v) is 6.21. The monoisotopic (exact) mass is 378 g/mol. The van der Waals surface area contributed by atoms with Crippen molar-refractivity contribution in [3.63, 3.8) is 0 Å². The van der Waals surface area contributed by atoms with Gasteiger partial charge in [0.2, 0.25) is 0 Å². The van der Waals surface area contributed by atoms with E-state index >= 15 is 0 Å². The van der Waals surface area contributed by atoms with Gasteiger partial charge in [0, 0.05) is 23.7 Å². The van der Waals surface area contributed by atoms with Crippen molar-refractivity contribution < 1.29 is 18.1 Å². The van der Waals surface area contributed by atoms with Crippen LogP contribution in [0.3, 0.4) is 0 Å². The van der Waals surface area contributed by atoms with Crippen molar-refractivity contribution in [2.75, 3.05) is 4.90 Å². The van der Waals surface area contributed by atoms with Gasteiger partial charge in [-0.25, -0.2) is 4.98 Å². The maximum absolute atomic E-state index is 13.3. The van der Waals surface area contributed by atoms with E-state index in [4.69, 9.17) is 0 Å². The van der Waals surface area contributed by atoms with Crippen LogP contribution in [0.2, 0.25) is 0 Å². The van der Waals surface area contributed by atoms with Crippen molar-refractivity contribution in [2.45, 2.75) is 31.6 Å². The first-order valence-electron chi connectivity index (χ1n) is 8.11. The molecule has 0 aliphatic heterocycles. The molecule has 8 nitrogen and oxygen atoms in total. The standard InChI is InChI=1S/C16H13F3N6O2/c17-16(18,19)13-7-14(24-15(22-13)20-9-21-24)23(11-5-6-11)8-10-3-1-2-4-12(10)25(26)27/h1-4,7,9,11H,5-6,8H2. The Morgan fingerprint density at radius 2 is 2.04 bits per heavy atom. The zero-order valence-electron chi connectivity index (χ0n) is 13.8. The van der Waals surface area contributed by atoms with E-state index < -0.39 is 16.8 Å². The minimum absolute atomic E-state index is 0.0271. The molecule has 0 unspecified atom stereocenters. The zero-order valence-corrected chi connectivity index (χ0v) is 13.8. The SMILES string of the molecule is O=[N+]([O-])c1ccccc1CN(c1cc(C(F)(F)F)nc2ncnn12)C1CC1. The Kier molecular flexibility index (Phi) is 3.93. The summed E-state index contributed by atoms with van der Waals surface area (Å²) in [6.07, 6.45) is -1.96. The summed E-state index contributed by atoms with van der Waals surface area (Å²) < 4.78 is 41.0. The number of benzene rings is 1. The van der Waals surface area contributed by atoms with Crippen molar-refractivity contribution >= 4 is 17.3 Å². The molecule has 4 rings (SSSR count). The van der Waals surface area contributed by atoms with Gasteiger partial charge in [-0.2, -0.15) is 27.8 Å². The molecule has 0 saturated heterocycles. The number of anilines is 1. The van der Waals surface area contributed by atoms with Gasteiger partial charge in [-0.05, 0) is 12.8 Å². The number of para-hydroxylation sites is 1. The Balaban J connectivity index is 1.82. The normalized spacial score (nSPS) is 14.5. The molecule has 2 heterocycles. The van der Waals surface area contributed by atoms with Gasteiger partial charge in [-0.3, -0.25) is 10.1 Å². The number of alkyl halides is 3. The fourth-order valence-corrected chi connectivity index (χ4v) is 2.94. The van der Waals surface area contributed by atoms with Gasteiger partial charge in [-0.15, -0.1) is 0 Å². The maximum Gasteiger partial charge on any atom is 0.433 e. The fraction of sp³-hybridized carbons (Fsp3) is 0.312. The topological polar surface area (TPSA) is 89.5 Å². The maximum atomic E-state index is 13.3. The van der Waals surface area contributed by atoms with Crippen LogP contribution in [0.25, 0.3) is 5.78 Å². The Morgan fingerprint density at radius 3 is 2.70 bits per heavy atom. The first-order chi connectivity index (χ1) is 12.8. The molecule has 0 radical (unpaired) electrons. The van der Waals surface area contributed by atoms with E-state index in [2.05, 4.69) is 15.1 Å². The Morgan fingerprint density at radius 1 is 1.30 bits per heavy atom. The fourth-order valence-electron chi connectivity index (χ4n) is 2.94. The summed E-state index contributed by atoms with van der Waals surface area (Å²) in [5.74, 6) is -0.0153. The summed E-state index contributed by atoms with van der Waals surface area (Å²) >= 11 is 0. The lowest BCUT2D eigenvalue weighted by molar-refractivity contribution is -0.385. The Hall–Kier alpha value is -3.24. The third-order valence-electron chi connectivity index (χ3n) is 4.33. The van der Waals surface area contributed by atoms with E-state index in [0.717, 1.165) is 25.2 Å². The summed E-state index contributed by atoms with van der Waals surface area (Å²) in [5, 5.41) is 15.3. The second-order valence-electron chi connectivity index (χ2n) is 6.21. The predicted octanol–water partition coefficient (Wildman–Crippen LogP) is 3.22. The van der Waals surface area contributed by atoms with Crippen molar-refractivity contribution in [3.8, 4) is 0 Å². The minimum Gasteiger partial charge on any atom is -0.349 e. The molecule has 1 aromatic carbocycles. The van der Waals surface area contributed by atoms with E-state index in [1.165, 1.54) is 10.6 Å². The Labute approximate surface area is 150 Å². The van der Waals surface area contributed by atoms with E-state index in [0.29, 0.717) is 5.56 Å². The first kappa shape index (κ1) is 17.2. The number of hydrogen-bond donors (Lipinski definition) is 0. The number of nitro groups is 1. The summed E-state index contributed by atoms with van der Waals surface area (Å²) in [6.45, 7) is 0.0814. The predicted molar refractivity (Wildman–Crippen MR) is 88.1 cm³/mol. The van der Waals surface area contributed by atoms with E-state index in [-0.39, 0.29) is 29.9 Å². The molecule has 1 aliphatic rings. The number of rotatable bonds is 5. The smallest absolute Gasteiger partial charge is 0.349 e. The number of fused-ring (bicyclic) bond motifs is 1. The number of nitro benzene ring substituents is 1. The molecule has 2 aromatic heterocycles. The quantitative estimate of drug-likeness (QED) is 0.500. The van der Waals surface area contributed by atoms with E-state index in [1.807, 2.05) is 0 Å². The lowest BCUT2D eigenvalue weighted by Crippen LogP contribution is -2.28. The highest BCUT2D eigenvalue weighted by atomic mass is 19.4. The molecule has 140 valence electrons. The molecule has 1 aliphatic carbocycles. The number of aromatic nitrogens is 4. The molecule has 0 atom stereocenters. The van der Waals surface area contributed by atoms with Gasteiger partial charge < -0.3 is 4.90 Å². The molecule has 1 fully saturated rings. The van der Waals surface area contributed by atoms with Gasteiger partial charge >= 0.3 is 6.18 Å². The van der Waals surface area contributed by atoms with Crippen molar-refractivity contribution in [1.29, 1.82) is 0 Å². The van der Waals surface area contributed by atoms with Crippen LogP contribution in [-0.2, 0) is 12.7 Å². The minimum atomic E-state index is -4.64. The average Bonchev–Trinajstić information content (AvgIpc) is 3.34. The second kappa shape index (κ2) is 6.18. The first-order valence-corrected chi connectivity index (χ1v) is 8.11. The Bertz CT molecular complexity index is 1010. The van der Waals surface area contributed by atoms with Crippen LogP contribution < -0.4 is 4.90 Å². The van der Waals surface area contributed by atoms with Crippen LogP contribution in [0.5, 0.6) is 0 Å². The molecular formula is C16H13F3N6O2. The molecule has 0 amide bonds. The zero-order chi connectivity index (χ0) is 19.2. The van der Waals surface area contributed by atoms with Crippen molar-refractivity contribution in [2.24, 2.45) is 0 Å². The molecule has 1 saturated carbocycles. The molecule has 3 aromatic rings.